The molecule has 0 aromatic rings. The maximum absolute atomic E-state index is 5.47. The molecule has 1 unspecified atom stereocenters. The SMILES string of the molecule is CCOCC(CC1CCCCC1)NC. The highest BCUT2D eigenvalue weighted by Gasteiger charge is 2.17. The van der Waals surface area contributed by atoms with Crippen LogP contribution in [0.1, 0.15) is 45.4 Å². The van der Waals surface area contributed by atoms with Crippen molar-refractivity contribution in [3.63, 3.8) is 0 Å². The van der Waals surface area contributed by atoms with E-state index in [-0.39, 0.29) is 0 Å². The average Bonchev–Trinajstić information content (AvgIpc) is 2.25. The summed E-state index contributed by atoms with van der Waals surface area (Å²) in [5, 5.41) is 3.36. The van der Waals surface area contributed by atoms with E-state index >= 15 is 0 Å². The predicted molar refractivity (Wildman–Crippen MR) is 60.5 cm³/mol. The number of hydrogen-bond donors (Lipinski definition) is 1. The Bertz CT molecular complexity index is 132. The van der Waals surface area contributed by atoms with Gasteiger partial charge < -0.3 is 10.1 Å². The van der Waals surface area contributed by atoms with Crippen molar-refractivity contribution in [2.24, 2.45) is 5.92 Å². The van der Waals surface area contributed by atoms with Gasteiger partial charge in [0.25, 0.3) is 0 Å². The Labute approximate surface area is 88.4 Å². The molecule has 2 nitrogen and oxygen atoms in total. The average molecular weight is 199 g/mol. The molecule has 1 fully saturated rings. The second-order valence-corrected chi connectivity index (χ2v) is 4.38. The molecule has 0 aliphatic heterocycles. The Morgan fingerprint density at radius 1 is 1.29 bits per heavy atom. The van der Waals surface area contributed by atoms with E-state index in [2.05, 4.69) is 12.2 Å². The van der Waals surface area contributed by atoms with Crippen LogP contribution in [-0.4, -0.2) is 26.3 Å². The molecule has 0 aromatic heterocycles. The van der Waals surface area contributed by atoms with Gasteiger partial charge in [-0.1, -0.05) is 32.1 Å². The fraction of sp³-hybridized carbons (Fsp3) is 1.00. The van der Waals surface area contributed by atoms with E-state index in [1.807, 2.05) is 7.05 Å². The first-order valence-corrected chi connectivity index (χ1v) is 6.11. The van der Waals surface area contributed by atoms with Crippen LogP contribution in [-0.2, 0) is 4.74 Å². The van der Waals surface area contributed by atoms with Crippen LogP contribution in [0.5, 0.6) is 0 Å². The van der Waals surface area contributed by atoms with Crippen molar-refractivity contribution in [2.75, 3.05) is 20.3 Å². The van der Waals surface area contributed by atoms with E-state index in [1.165, 1.54) is 38.5 Å². The lowest BCUT2D eigenvalue weighted by Gasteiger charge is -2.26. The van der Waals surface area contributed by atoms with Gasteiger partial charge in [-0.05, 0) is 26.3 Å². The molecule has 84 valence electrons. The van der Waals surface area contributed by atoms with Crippen molar-refractivity contribution >= 4 is 0 Å². The van der Waals surface area contributed by atoms with Gasteiger partial charge in [-0.15, -0.1) is 0 Å². The summed E-state index contributed by atoms with van der Waals surface area (Å²) < 4.78 is 5.47. The van der Waals surface area contributed by atoms with Gasteiger partial charge in [0, 0.05) is 12.6 Å². The molecular weight excluding hydrogens is 174 g/mol. The third-order valence-electron chi connectivity index (χ3n) is 3.27. The molecule has 1 aliphatic carbocycles. The lowest BCUT2D eigenvalue weighted by atomic mass is 9.85. The van der Waals surface area contributed by atoms with Crippen molar-refractivity contribution in [1.82, 2.24) is 5.32 Å². The highest BCUT2D eigenvalue weighted by molar-refractivity contribution is 4.73. The Kier molecular flexibility index (Phi) is 6.20. The first-order valence-electron chi connectivity index (χ1n) is 6.11. The van der Waals surface area contributed by atoms with Crippen molar-refractivity contribution in [1.29, 1.82) is 0 Å². The molecule has 0 saturated heterocycles. The fourth-order valence-corrected chi connectivity index (χ4v) is 2.35. The maximum Gasteiger partial charge on any atom is 0.0619 e. The molecule has 1 aliphatic rings. The Morgan fingerprint density at radius 2 is 2.00 bits per heavy atom. The molecule has 1 atom stereocenters. The van der Waals surface area contributed by atoms with E-state index in [9.17, 15) is 0 Å². The van der Waals surface area contributed by atoms with Crippen LogP contribution in [0.4, 0.5) is 0 Å². The minimum absolute atomic E-state index is 0.568. The molecule has 1 rings (SSSR count). The Morgan fingerprint density at radius 3 is 2.57 bits per heavy atom. The van der Waals surface area contributed by atoms with Gasteiger partial charge in [0.05, 0.1) is 6.61 Å². The summed E-state index contributed by atoms with van der Waals surface area (Å²) in [5.74, 6) is 0.946. The van der Waals surface area contributed by atoms with Crippen LogP contribution in [0.2, 0.25) is 0 Å². The summed E-state index contributed by atoms with van der Waals surface area (Å²) >= 11 is 0. The van der Waals surface area contributed by atoms with Gasteiger partial charge in [0.15, 0.2) is 0 Å². The molecule has 0 bridgehead atoms. The number of likely N-dealkylation sites (N-methyl/N-ethyl adjacent to an activating group) is 1. The summed E-state index contributed by atoms with van der Waals surface area (Å²) in [6.07, 6.45) is 8.50. The molecule has 0 radical (unpaired) electrons. The maximum atomic E-state index is 5.47. The second-order valence-electron chi connectivity index (χ2n) is 4.38. The van der Waals surface area contributed by atoms with Crippen molar-refractivity contribution < 1.29 is 4.74 Å². The topological polar surface area (TPSA) is 21.3 Å². The molecule has 0 aromatic carbocycles. The third kappa shape index (κ3) is 4.43. The third-order valence-corrected chi connectivity index (χ3v) is 3.27. The first-order chi connectivity index (χ1) is 6.86. The number of nitrogens with one attached hydrogen (secondary N) is 1. The van der Waals surface area contributed by atoms with E-state index in [0.29, 0.717) is 6.04 Å². The smallest absolute Gasteiger partial charge is 0.0619 e. The minimum Gasteiger partial charge on any atom is -0.380 e. The van der Waals surface area contributed by atoms with Crippen LogP contribution < -0.4 is 5.32 Å². The normalized spacial score (nSPS) is 21.0. The first kappa shape index (κ1) is 12.0. The predicted octanol–water partition coefficient (Wildman–Crippen LogP) is 2.58. The van der Waals surface area contributed by atoms with Gasteiger partial charge in [0.2, 0.25) is 0 Å². The number of hydrogen-bond acceptors (Lipinski definition) is 2. The quantitative estimate of drug-likeness (QED) is 0.710. The van der Waals surface area contributed by atoms with Gasteiger partial charge in [-0.2, -0.15) is 0 Å². The highest BCUT2D eigenvalue weighted by atomic mass is 16.5. The van der Waals surface area contributed by atoms with E-state index in [0.717, 1.165) is 19.1 Å². The van der Waals surface area contributed by atoms with Gasteiger partial charge >= 0.3 is 0 Å². The summed E-state index contributed by atoms with van der Waals surface area (Å²) in [4.78, 5) is 0. The van der Waals surface area contributed by atoms with E-state index in [1.54, 1.807) is 0 Å². The van der Waals surface area contributed by atoms with Crippen molar-refractivity contribution in [3.8, 4) is 0 Å². The van der Waals surface area contributed by atoms with Crippen molar-refractivity contribution in [2.45, 2.75) is 51.5 Å². The molecular formula is C12H25NO. The zero-order valence-corrected chi connectivity index (χ0v) is 9.72. The van der Waals surface area contributed by atoms with Gasteiger partial charge in [0.1, 0.15) is 0 Å². The van der Waals surface area contributed by atoms with E-state index in [4.69, 9.17) is 4.74 Å². The molecule has 0 heterocycles. The molecule has 0 spiro atoms. The Balaban J connectivity index is 2.16. The van der Waals surface area contributed by atoms with Crippen LogP contribution in [0.15, 0.2) is 0 Å². The number of rotatable bonds is 6. The summed E-state index contributed by atoms with van der Waals surface area (Å²) in [7, 11) is 2.05. The molecule has 14 heavy (non-hydrogen) atoms. The van der Waals surface area contributed by atoms with Crippen LogP contribution in [0, 0.1) is 5.92 Å². The summed E-state index contributed by atoms with van der Waals surface area (Å²) in [6, 6.07) is 0.568. The summed E-state index contributed by atoms with van der Waals surface area (Å²) in [5.41, 5.74) is 0. The van der Waals surface area contributed by atoms with Gasteiger partial charge in [-0.3, -0.25) is 0 Å². The number of ether oxygens (including phenoxy) is 1. The fourth-order valence-electron chi connectivity index (χ4n) is 2.35. The van der Waals surface area contributed by atoms with Crippen LogP contribution >= 0.6 is 0 Å². The summed E-state index contributed by atoms with van der Waals surface area (Å²) in [6.45, 7) is 3.78. The highest BCUT2D eigenvalue weighted by Crippen LogP contribution is 2.27. The molecule has 0 amide bonds. The van der Waals surface area contributed by atoms with Gasteiger partial charge in [-0.25, -0.2) is 0 Å². The largest absolute Gasteiger partial charge is 0.380 e. The Hall–Kier alpha value is -0.0800. The lowest BCUT2D eigenvalue weighted by molar-refractivity contribution is 0.113. The second kappa shape index (κ2) is 7.24. The molecule has 2 heteroatoms. The molecule has 1 saturated carbocycles. The monoisotopic (exact) mass is 199 g/mol. The lowest BCUT2D eigenvalue weighted by Crippen LogP contribution is -2.33. The standard InChI is InChI=1S/C12H25NO/c1-3-14-10-12(13-2)9-11-7-5-4-6-8-11/h11-13H,3-10H2,1-2H3. The van der Waals surface area contributed by atoms with Crippen LogP contribution in [0.3, 0.4) is 0 Å². The van der Waals surface area contributed by atoms with Crippen LogP contribution in [0.25, 0.3) is 0 Å². The molecule has 1 N–H and O–H groups in total. The van der Waals surface area contributed by atoms with Crippen molar-refractivity contribution in [3.05, 3.63) is 0 Å². The minimum atomic E-state index is 0.568. The zero-order valence-electron chi connectivity index (χ0n) is 9.72. The van der Waals surface area contributed by atoms with E-state index < -0.39 is 0 Å². The zero-order chi connectivity index (χ0) is 10.2.